The van der Waals surface area contributed by atoms with Crippen LogP contribution < -0.4 is 10.0 Å². The van der Waals surface area contributed by atoms with Crippen LogP contribution in [0.2, 0.25) is 0 Å². The SMILES string of the molecule is CCCc1nc(C(=O)N[C@H]2C[C@H](C(=O)O)C2)sc1-c1ccc(S(=O)(=O)NC(C)(C)C)c2ccccc12. The number of aromatic nitrogens is 1. The van der Waals surface area contributed by atoms with Crippen molar-refractivity contribution in [1.29, 1.82) is 0 Å². The lowest BCUT2D eigenvalue weighted by Gasteiger charge is -2.32. The van der Waals surface area contributed by atoms with Gasteiger partial charge in [-0.25, -0.2) is 18.1 Å². The first-order chi connectivity index (χ1) is 16.9. The maximum Gasteiger partial charge on any atom is 0.306 e. The molecule has 8 nitrogen and oxygen atoms in total. The van der Waals surface area contributed by atoms with Crippen molar-refractivity contribution in [3.63, 3.8) is 0 Å². The number of nitrogens with one attached hydrogen (secondary N) is 2. The first kappa shape index (κ1) is 26.2. The molecular formula is C26H31N3O5S2. The van der Waals surface area contributed by atoms with Crippen LogP contribution in [0.3, 0.4) is 0 Å². The summed E-state index contributed by atoms with van der Waals surface area (Å²) in [4.78, 5) is 29.6. The van der Waals surface area contributed by atoms with Gasteiger partial charge in [0.15, 0.2) is 5.01 Å². The molecule has 1 aliphatic carbocycles. The van der Waals surface area contributed by atoms with Crippen LogP contribution in [0, 0.1) is 5.92 Å². The summed E-state index contributed by atoms with van der Waals surface area (Å²) in [7, 11) is -3.76. The largest absolute Gasteiger partial charge is 0.481 e. The summed E-state index contributed by atoms with van der Waals surface area (Å²) in [6, 6.07) is 10.6. The average molecular weight is 530 g/mol. The van der Waals surface area contributed by atoms with Gasteiger partial charge in [-0.2, -0.15) is 0 Å². The van der Waals surface area contributed by atoms with Gasteiger partial charge in [-0.05, 0) is 51.5 Å². The first-order valence-electron chi connectivity index (χ1n) is 12.0. The van der Waals surface area contributed by atoms with E-state index in [1.54, 1.807) is 39.0 Å². The molecule has 36 heavy (non-hydrogen) atoms. The molecule has 0 unspecified atom stereocenters. The number of fused-ring (bicyclic) bond motifs is 1. The second kappa shape index (κ2) is 9.91. The van der Waals surface area contributed by atoms with Crippen LogP contribution in [-0.4, -0.2) is 42.0 Å². The molecule has 1 saturated carbocycles. The number of carbonyl (C=O) groups excluding carboxylic acids is 1. The molecule has 0 saturated heterocycles. The zero-order valence-corrected chi connectivity index (χ0v) is 22.4. The lowest BCUT2D eigenvalue weighted by molar-refractivity contribution is -0.145. The molecule has 1 amide bonds. The Hall–Kier alpha value is -2.82. The highest BCUT2D eigenvalue weighted by Gasteiger charge is 2.36. The standard InChI is InChI=1S/C26H31N3O5S2/c1-5-8-20-22(35-24(28-20)23(30)27-16-13-15(14-16)25(31)32)19-11-12-21(18-10-7-6-9-17(18)19)36(33,34)29-26(2,3)4/h6-7,9-12,15-16,29H,5,8,13-14H2,1-4H3,(H,27,30)(H,31,32)/t15-,16-. The molecule has 4 rings (SSSR count). The van der Waals surface area contributed by atoms with Crippen molar-refractivity contribution in [2.24, 2.45) is 5.92 Å². The third-order valence-corrected chi connectivity index (χ3v) is 9.01. The summed E-state index contributed by atoms with van der Waals surface area (Å²) in [6.07, 6.45) is 2.35. The predicted octanol–water partition coefficient (Wildman–Crippen LogP) is 4.59. The smallest absolute Gasteiger partial charge is 0.306 e. The molecule has 0 aliphatic heterocycles. The summed E-state index contributed by atoms with van der Waals surface area (Å²) >= 11 is 1.28. The average Bonchev–Trinajstić information content (AvgIpc) is 3.17. The van der Waals surface area contributed by atoms with E-state index in [0.29, 0.717) is 29.7 Å². The van der Waals surface area contributed by atoms with E-state index in [1.807, 2.05) is 25.1 Å². The van der Waals surface area contributed by atoms with Gasteiger partial charge in [-0.3, -0.25) is 9.59 Å². The van der Waals surface area contributed by atoms with Crippen molar-refractivity contribution in [1.82, 2.24) is 15.0 Å². The Kier molecular flexibility index (Phi) is 7.23. The lowest BCUT2D eigenvalue weighted by Crippen LogP contribution is -2.46. The molecule has 1 fully saturated rings. The number of sulfonamides is 1. The number of carboxylic acids is 1. The van der Waals surface area contributed by atoms with E-state index in [-0.39, 0.29) is 16.8 Å². The number of amides is 1. The van der Waals surface area contributed by atoms with Gasteiger partial charge in [-0.15, -0.1) is 11.3 Å². The maximum absolute atomic E-state index is 13.2. The van der Waals surface area contributed by atoms with Crippen LogP contribution in [0.25, 0.3) is 21.2 Å². The fourth-order valence-electron chi connectivity index (χ4n) is 4.41. The van der Waals surface area contributed by atoms with E-state index in [1.165, 1.54) is 11.3 Å². The van der Waals surface area contributed by atoms with Crippen LogP contribution in [0.5, 0.6) is 0 Å². The topological polar surface area (TPSA) is 125 Å². The fraction of sp³-hybridized carbons (Fsp3) is 0.423. The number of carboxylic acid groups (broad SMARTS) is 1. The minimum Gasteiger partial charge on any atom is -0.481 e. The van der Waals surface area contributed by atoms with Gasteiger partial charge in [0, 0.05) is 22.5 Å². The van der Waals surface area contributed by atoms with Gasteiger partial charge in [-0.1, -0.05) is 43.7 Å². The third kappa shape index (κ3) is 5.45. The van der Waals surface area contributed by atoms with Crippen LogP contribution >= 0.6 is 11.3 Å². The quantitative estimate of drug-likeness (QED) is 0.392. The molecule has 192 valence electrons. The maximum atomic E-state index is 13.2. The number of aryl methyl sites for hydroxylation is 1. The van der Waals surface area contributed by atoms with E-state index in [2.05, 4.69) is 15.0 Å². The number of nitrogens with zero attached hydrogens (tertiary/aromatic N) is 1. The molecule has 1 aliphatic rings. The van der Waals surface area contributed by atoms with Gasteiger partial charge in [0.2, 0.25) is 10.0 Å². The second-order valence-corrected chi connectivity index (χ2v) is 12.9. The zero-order chi connectivity index (χ0) is 26.3. The molecule has 3 N–H and O–H groups in total. The number of thiazole rings is 1. The Bertz CT molecular complexity index is 1420. The van der Waals surface area contributed by atoms with E-state index in [0.717, 1.165) is 27.9 Å². The van der Waals surface area contributed by atoms with Gasteiger partial charge in [0.05, 0.1) is 21.4 Å². The zero-order valence-electron chi connectivity index (χ0n) is 20.8. The number of carbonyl (C=O) groups is 2. The normalized spacial score (nSPS) is 18.1. The Morgan fingerprint density at radius 3 is 2.39 bits per heavy atom. The van der Waals surface area contributed by atoms with Crippen LogP contribution in [0.4, 0.5) is 0 Å². The van der Waals surface area contributed by atoms with E-state index in [4.69, 9.17) is 5.11 Å². The first-order valence-corrected chi connectivity index (χ1v) is 14.3. The molecule has 0 atom stereocenters. The number of benzene rings is 2. The summed E-state index contributed by atoms with van der Waals surface area (Å²) in [5.41, 5.74) is 0.991. The molecule has 0 radical (unpaired) electrons. The summed E-state index contributed by atoms with van der Waals surface area (Å²) in [6.45, 7) is 7.43. The number of rotatable bonds is 8. The number of hydrogen-bond acceptors (Lipinski definition) is 6. The third-order valence-electron chi connectivity index (χ3n) is 6.06. The monoisotopic (exact) mass is 529 g/mol. The fourth-order valence-corrected chi connectivity index (χ4v) is 7.10. The summed E-state index contributed by atoms with van der Waals surface area (Å²) in [5, 5.41) is 13.7. The van der Waals surface area contributed by atoms with E-state index >= 15 is 0 Å². The Morgan fingerprint density at radius 2 is 1.78 bits per heavy atom. The number of hydrogen-bond donors (Lipinski definition) is 3. The molecule has 1 aromatic heterocycles. The van der Waals surface area contributed by atoms with Crippen molar-refractivity contribution < 1.29 is 23.1 Å². The minimum absolute atomic E-state index is 0.166. The van der Waals surface area contributed by atoms with Gasteiger partial charge >= 0.3 is 5.97 Å². The highest BCUT2D eigenvalue weighted by Crippen LogP contribution is 2.38. The van der Waals surface area contributed by atoms with Gasteiger partial charge in [0.1, 0.15) is 0 Å². The van der Waals surface area contributed by atoms with Crippen LogP contribution in [0.15, 0.2) is 41.3 Å². The lowest BCUT2D eigenvalue weighted by atomic mass is 9.80. The molecule has 1 heterocycles. The van der Waals surface area contributed by atoms with Crippen molar-refractivity contribution in [3.05, 3.63) is 47.1 Å². The van der Waals surface area contributed by atoms with Gasteiger partial charge < -0.3 is 10.4 Å². The van der Waals surface area contributed by atoms with Crippen molar-refractivity contribution >= 4 is 44.0 Å². The van der Waals surface area contributed by atoms with E-state index < -0.39 is 27.4 Å². The molecule has 0 bridgehead atoms. The predicted molar refractivity (Wildman–Crippen MR) is 141 cm³/mol. The van der Waals surface area contributed by atoms with Crippen LogP contribution in [0.1, 0.15) is 62.5 Å². The summed E-state index contributed by atoms with van der Waals surface area (Å²) in [5.74, 6) is -1.56. The van der Waals surface area contributed by atoms with Crippen molar-refractivity contribution in [3.8, 4) is 10.4 Å². The van der Waals surface area contributed by atoms with Crippen molar-refractivity contribution in [2.45, 2.75) is 69.9 Å². The second-order valence-electron chi connectivity index (χ2n) is 10.2. The Labute approximate surface area is 215 Å². The molecule has 10 heteroatoms. The highest BCUT2D eigenvalue weighted by atomic mass is 32.2. The molecule has 0 spiro atoms. The molecule has 3 aromatic rings. The van der Waals surface area contributed by atoms with E-state index in [9.17, 15) is 18.0 Å². The summed E-state index contributed by atoms with van der Waals surface area (Å²) < 4.78 is 29.1. The van der Waals surface area contributed by atoms with Crippen molar-refractivity contribution in [2.75, 3.05) is 0 Å². The highest BCUT2D eigenvalue weighted by molar-refractivity contribution is 7.89. The minimum atomic E-state index is -3.76. The Balaban J connectivity index is 1.72. The Morgan fingerprint density at radius 1 is 1.11 bits per heavy atom. The molecular weight excluding hydrogens is 498 g/mol. The number of aliphatic carboxylic acids is 1. The van der Waals surface area contributed by atoms with Crippen LogP contribution in [-0.2, 0) is 21.2 Å². The molecule has 2 aromatic carbocycles. The van der Waals surface area contributed by atoms with Gasteiger partial charge in [0.25, 0.3) is 5.91 Å².